The van der Waals surface area contributed by atoms with Crippen LogP contribution in [-0.4, -0.2) is 10.1 Å². The normalized spacial score (nSPS) is 10.2. The number of aryl methyl sites for hydroxylation is 1. The topological polar surface area (TPSA) is 45.2 Å². The zero-order valence-electron chi connectivity index (χ0n) is 9.44. The zero-order valence-corrected chi connectivity index (χ0v) is 11.0. The molecule has 1 aromatic carbocycles. The van der Waals surface area contributed by atoms with Crippen LogP contribution in [0.3, 0.4) is 0 Å². The molecule has 2 N–H and O–H groups in total. The van der Waals surface area contributed by atoms with Gasteiger partial charge in [0.15, 0.2) is 0 Å². The van der Waals surface area contributed by atoms with Crippen LogP contribution < -0.4 is 5.32 Å². The molecule has 0 radical (unpaired) electrons. The molecule has 0 aliphatic carbocycles. The molecule has 0 atom stereocenters. The van der Waals surface area contributed by atoms with E-state index < -0.39 is 0 Å². The first-order chi connectivity index (χ1) is 8.15. The Morgan fingerprint density at radius 1 is 1.29 bits per heavy atom. The lowest BCUT2D eigenvalue weighted by molar-refractivity contribution is 0.469. The maximum atomic E-state index is 9.69. The molecule has 4 heteroatoms. The second-order valence-electron chi connectivity index (χ2n) is 3.88. The highest BCUT2D eigenvalue weighted by Crippen LogP contribution is 2.22. The van der Waals surface area contributed by atoms with Crippen molar-refractivity contribution in [2.45, 2.75) is 13.5 Å². The summed E-state index contributed by atoms with van der Waals surface area (Å²) in [5, 5.41) is 12.9. The molecule has 0 aliphatic rings. The molecule has 17 heavy (non-hydrogen) atoms. The molecule has 2 aromatic rings. The van der Waals surface area contributed by atoms with Crippen molar-refractivity contribution in [2.24, 2.45) is 0 Å². The monoisotopic (exact) mass is 292 g/mol. The van der Waals surface area contributed by atoms with E-state index in [2.05, 4.69) is 26.2 Å². The van der Waals surface area contributed by atoms with Crippen LogP contribution >= 0.6 is 15.9 Å². The highest BCUT2D eigenvalue weighted by Gasteiger charge is 2.02. The first-order valence-electron chi connectivity index (χ1n) is 5.28. The summed E-state index contributed by atoms with van der Waals surface area (Å²) < 4.78 is 0.953. The quantitative estimate of drug-likeness (QED) is 0.910. The summed E-state index contributed by atoms with van der Waals surface area (Å²) >= 11 is 3.38. The van der Waals surface area contributed by atoms with Gasteiger partial charge in [-0.2, -0.15) is 0 Å². The van der Waals surface area contributed by atoms with E-state index in [4.69, 9.17) is 0 Å². The molecule has 1 heterocycles. The molecule has 3 nitrogen and oxygen atoms in total. The minimum atomic E-state index is 0.293. The Bertz CT molecular complexity index is 529. The van der Waals surface area contributed by atoms with E-state index >= 15 is 0 Å². The van der Waals surface area contributed by atoms with Crippen LogP contribution in [-0.2, 0) is 6.54 Å². The van der Waals surface area contributed by atoms with Crippen LogP contribution in [0.1, 0.15) is 11.1 Å². The summed E-state index contributed by atoms with van der Waals surface area (Å²) in [6, 6.07) is 7.40. The standard InChI is InChI=1S/C13H13BrN2O/c1-9-4-12(8-15-6-9)16-7-10-5-11(14)2-3-13(10)17/h2-6,8,16-17H,7H2,1H3. The lowest BCUT2D eigenvalue weighted by Crippen LogP contribution is -2.00. The molecule has 0 fully saturated rings. The number of phenolic OH excluding ortho intramolecular Hbond substituents is 1. The first-order valence-corrected chi connectivity index (χ1v) is 6.07. The van der Waals surface area contributed by atoms with Crippen LogP contribution in [0.4, 0.5) is 5.69 Å². The molecule has 0 spiro atoms. The summed E-state index contributed by atoms with van der Waals surface area (Å²) in [4.78, 5) is 4.10. The van der Waals surface area contributed by atoms with E-state index in [1.165, 1.54) is 0 Å². The van der Waals surface area contributed by atoms with E-state index in [-0.39, 0.29) is 0 Å². The van der Waals surface area contributed by atoms with Crippen LogP contribution in [0.25, 0.3) is 0 Å². The number of halogens is 1. The number of benzene rings is 1. The zero-order chi connectivity index (χ0) is 12.3. The third-order valence-corrected chi connectivity index (χ3v) is 2.89. The number of hydrogen-bond acceptors (Lipinski definition) is 3. The number of pyridine rings is 1. The largest absolute Gasteiger partial charge is 0.508 e. The fourth-order valence-electron chi connectivity index (χ4n) is 1.54. The molecule has 1 aromatic heterocycles. The van der Waals surface area contributed by atoms with Gasteiger partial charge < -0.3 is 10.4 Å². The Morgan fingerprint density at radius 3 is 2.88 bits per heavy atom. The molecule has 0 unspecified atom stereocenters. The van der Waals surface area contributed by atoms with Gasteiger partial charge in [-0.25, -0.2) is 0 Å². The van der Waals surface area contributed by atoms with Crippen molar-refractivity contribution in [3.63, 3.8) is 0 Å². The molecule has 0 bridgehead atoms. The molecule has 0 amide bonds. The van der Waals surface area contributed by atoms with Gasteiger partial charge in [-0.05, 0) is 36.8 Å². The summed E-state index contributed by atoms with van der Waals surface area (Å²) in [5.41, 5.74) is 2.90. The maximum absolute atomic E-state index is 9.69. The lowest BCUT2D eigenvalue weighted by atomic mass is 10.2. The fraction of sp³-hybridized carbons (Fsp3) is 0.154. The number of nitrogens with zero attached hydrogens (tertiary/aromatic N) is 1. The Labute approximate surface area is 109 Å². The third-order valence-electron chi connectivity index (χ3n) is 2.40. The van der Waals surface area contributed by atoms with Crippen LogP contribution in [0.2, 0.25) is 0 Å². The van der Waals surface area contributed by atoms with Crippen molar-refractivity contribution in [1.82, 2.24) is 4.98 Å². The van der Waals surface area contributed by atoms with Crippen molar-refractivity contribution in [1.29, 1.82) is 0 Å². The molecular weight excluding hydrogens is 280 g/mol. The maximum Gasteiger partial charge on any atom is 0.120 e. The average Bonchev–Trinajstić information content (AvgIpc) is 2.30. The van der Waals surface area contributed by atoms with E-state index in [1.54, 1.807) is 12.3 Å². The van der Waals surface area contributed by atoms with Crippen molar-refractivity contribution in [3.8, 4) is 5.75 Å². The van der Waals surface area contributed by atoms with Crippen LogP contribution in [0.15, 0.2) is 41.1 Å². The van der Waals surface area contributed by atoms with Crippen LogP contribution in [0.5, 0.6) is 5.75 Å². The number of hydrogen-bond donors (Lipinski definition) is 2. The molecule has 2 rings (SSSR count). The second kappa shape index (κ2) is 5.19. The number of nitrogens with one attached hydrogen (secondary N) is 1. The molecule has 0 aliphatic heterocycles. The number of aromatic hydroxyl groups is 1. The summed E-state index contributed by atoms with van der Waals surface area (Å²) in [6.45, 7) is 2.56. The van der Waals surface area contributed by atoms with Gasteiger partial charge in [0.2, 0.25) is 0 Å². The van der Waals surface area contributed by atoms with Crippen molar-refractivity contribution >= 4 is 21.6 Å². The number of aromatic nitrogens is 1. The van der Waals surface area contributed by atoms with Gasteiger partial charge >= 0.3 is 0 Å². The number of anilines is 1. The first kappa shape index (κ1) is 11.9. The van der Waals surface area contributed by atoms with Crippen molar-refractivity contribution in [3.05, 3.63) is 52.3 Å². The predicted octanol–water partition coefficient (Wildman–Crippen LogP) is 3.47. The Kier molecular flexibility index (Phi) is 3.64. The summed E-state index contributed by atoms with van der Waals surface area (Å²) in [5.74, 6) is 0.293. The Hall–Kier alpha value is -1.55. The third kappa shape index (κ3) is 3.20. The van der Waals surface area contributed by atoms with E-state index in [1.807, 2.05) is 31.3 Å². The van der Waals surface area contributed by atoms with Gasteiger partial charge in [-0.15, -0.1) is 0 Å². The van der Waals surface area contributed by atoms with Crippen molar-refractivity contribution in [2.75, 3.05) is 5.32 Å². The number of rotatable bonds is 3. The smallest absolute Gasteiger partial charge is 0.120 e. The fourth-order valence-corrected chi connectivity index (χ4v) is 1.95. The van der Waals surface area contributed by atoms with E-state index in [9.17, 15) is 5.11 Å². The molecule has 0 saturated heterocycles. The predicted molar refractivity (Wildman–Crippen MR) is 72.1 cm³/mol. The molecule has 0 saturated carbocycles. The van der Waals surface area contributed by atoms with Gasteiger partial charge in [0.1, 0.15) is 5.75 Å². The van der Waals surface area contributed by atoms with Crippen molar-refractivity contribution < 1.29 is 5.11 Å². The van der Waals surface area contributed by atoms with Gasteiger partial charge in [0, 0.05) is 29.0 Å². The molecular formula is C13H13BrN2O. The minimum Gasteiger partial charge on any atom is -0.508 e. The van der Waals surface area contributed by atoms with Crippen LogP contribution in [0, 0.1) is 6.92 Å². The van der Waals surface area contributed by atoms with Gasteiger partial charge in [0.05, 0.1) is 5.69 Å². The lowest BCUT2D eigenvalue weighted by Gasteiger charge is -2.08. The highest BCUT2D eigenvalue weighted by molar-refractivity contribution is 9.10. The Morgan fingerprint density at radius 2 is 2.12 bits per heavy atom. The minimum absolute atomic E-state index is 0.293. The summed E-state index contributed by atoms with van der Waals surface area (Å²) in [6.07, 6.45) is 3.57. The van der Waals surface area contributed by atoms with Gasteiger partial charge in [-0.3, -0.25) is 4.98 Å². The van der Waals surface area contributed by atoms with Gasteiger partial charge in [-0.1, -0.05) is 15.9 Å². The second-order valence-corrected chi connectivity index (χ2v) is 4.79. The summed E-state index contributed by atoms with van der Waals surface area (Å²) in [7, 11) is 0. The van der Waals surface area contributed by atoms with E-state index in [0.29, 0.717) is 12.3 Å². The number of phenols is 1. The SMILES string of the molecule is Cc1cncc(NCc2cc(Br)ccc2O)c1. The van der Waals surface area contributed by atoms with E-state index in [0.717, 1.165) is 21.3 Å². The van der Waals surface area contributed by atoms with Gasteiger partial charge in [0.25, 0.3) is 0 Å². The average molecular weight is 293 g/mol. The Balaban J connectivity index is 2.09. The highest BCUT2D eigenvalue weighted by atomic mass is 79.9. The molecule has 88 valence electrons.